The highest BCUT2D eigenvalue weighted by Gasteiger charge is 2.04. The van der Waals surface area contributed by atoms with E-state index in [-0.39, 0.29) is 6.03 Å². The van der Waals surface area contributed by atoms with Gasteiger partial charge in [0.15, 0.2) is 0 Å². The van der Waals surface area contributed by atoms with Crippen molar-refractivity contribution in [2.24, 2.45) is 0 Å². The first-order valence-electron chi connectivity index (χ1n) is 5.05. The SMILES string of the molecule is CCCNC(=O)Nc1ccc(OC)c(Cl)c1. The minimum Gasteiger partial charge on any atom is -0.495 e. The molecule has 0 heterocycles. The Balaban J connectivity index is 2.61. The molecule has 4 nitrogen and oxygen atoms in total. The van der Waals surface area contributed by atoms with Gasteiger partial charge in [0.1, 0.15) is 5.75 Å². The Labute approximate surface area is 99.9 Å². The van der Waals surface area contributed by atoms with Crippen molar-refractivity contribution in [3.8, 4) is 5.75 Å². The molecule has 1 rings (SSSR count). The van der Waals surface area contributed by atoms with E-state index in [1.807, 2.05) is 6.92 Å². The number of carbonyl (C=O) groups excluding carboxylic acids is 1. The van der Waals surface area contributed by atoms with Gasteiger partial charge < -0.3 is 15.4 Å². The second-order valence-corrected chi connectivity index (χ2v) is 3.64. The lowest BCUT2D eigenvalue weighted by atomic mass is 10.3. The van der Waals surface area contributed by atoms with E-state index in [1.165, 1.54) is 0 Å². The number of carbonyl (C=O) groups is 1. The van der Waals surface area contributed by atoms with E-state index in [1.54, 1.807) is 25.3 Å². The maximum atomic E-state index is 11.3. The normalized spacial score (nSPS) is 9.69. The first kappa shape index (κ1) is 12.6. The van der Waals surface area contributed by atoms with Crippen molar-refractivity contribution >= 4 is 23.3 Å². The summed E-state index contributed by atoms with van der Waals surface area (Å²) in [6.45, 7) is 2.64. The van der Waals surface area contributed by atoms with E-state index in [0.29, 0.717) is 23.0 Å². The number of methoxy groups -OCH3 is 1. The number of hydrogen-bond acceptors (Lipinski definition) is 2. The lowest BCUT2D eigenvalue weighted by molar-refractivity contribution is 0.252. The first-order chi connectivity index (χ1) is 7.67. The molecule has 2 N–H and O–H groups in total. The number of nitrogens with one attached hydrogen (secondary N) is 2. The van der Waals surface area contributed by atoms with Crippen molar-refractivity contribution in [2.45, 2.75) is 13.3 Å². The predicted molar refractivity (Wildman–Crippen MR) is 65.3 cm³/mol. The van der Waals surface area contributed by atoms with E-state index < -0.39 is 0 Å². The molecule has 0 fully saturated rings. The molecule has 2 amide bonds. The predicted octanol–water partition coefficient (Wildman–Crippen LogP) is 2.88. The molecular weight excluding hydrogens is 228 g/mol. The van der Waals surface area contributed by atoms with Crippen LogP contribution >= 0.6 is 11.6 Å². The van der Waals surface area contributed by atoms with Gasteiger partial charge >= 0.3 is 6.03 Å². The Morgan fingerprint density at radius 3 is 2.81 bits per heavy atom. The zero-order valence-corrected chi connectivity index (χ0v) is 10.1. The third kappa shape index (κ3) is 3.62. The molecule has 0 saturated heterocycles. The minimum absolute atomic E-state index is 0.233. The van der Waals surface area contributed by atoms with E-state index in [0.717, 1.165) is 6.42 Å². The van der Waals surface area contributed by atoms with Crippen LogP contribution < -0.4 is 15.4 Å². The van der Waals surface area contributed by atoms with Crippen molar-refractivity contribution < 1.29 is 9.53 Å². The molecule has 0 aliphatic heterocycles. The fourth-order valence-corrected chi connectivity index (χ4v) is 1.42. The van der Waals surface area contributed by atoms with Gasteiger partial charge in [-0.05, 0) is 24.6 Å². The van der Waals surface area contributed by atoms with Gasteiger partial charge in [0.25, 0.3) is 0 Å². The minimum atomic E-state index is -0.233. The van der Waals surface area contributed by atoms with E-state index in [2.05, 4.69) is 10.6 Å². The summed E-state index contributed by atoms with van der Waals surface area (Å²) in [6.07, 6.45) is 0.900. The number of ether oxygens (including phenoxy) is 1. The fraction of sp³-hybridized carbons (Fsp3) is 0.364. The molecular formula is C11H15ClN2O2. The van der Waals surface area contributed by atoms with Gasteiger partial charge in [0.05, 0.1) is 12.1 Å². The summed E-state index contributed by atoms with van der Waals surface area (Å²) in [5.74, 6) is 0.584. The van der Waals surface area contributed by atoms with Gasteiger partial charge in [-0.25, -0.2) is 4.79 Å². The zero-order chi connectivity index (χ0) is 12.0. The Morgan fingerprint density at radius 1 is 1.50 bits per heavy atom. The highest BCUT2D eigenvalue weighted by Crippen LogP contribution is 2.26. The first-order valence-corrected chi connectivity index (χ1v) is 5.43. The monoisotopic (exact) mass is 242 g/mol. The third-order valence-corrected chi connectivity index (χ3v) is 2.24. The van der Waals surface area contributed by atoms with Crippen LogP contribution in [0.1, 0.15) is 13.3 Å². The molecule has 88 valence electrons. The molecule has 0 atom stereocenters. The van der Waals surface area contributed by atoms with Crippen LogP contribution in [-0.2, 0) is 0 Å². The van der Waals surface area contributed by atoms with Gasteiger partial charge in [-0.2, -0.15) is 0 Å². The number of anilines is 1. The average Bonchev–Trinajstić information content (AvgIpc) is 2.26. The largest absolute Gasteiger partial charge is 0.495 e. The Morgan fingerprint density at radius 2 is 2.25 bits per heavy atom. The molecule has 1 aromatic rings. The summed E-state index contributed by atoms with van der Waals surface area (Å²) >= 11 is 5.92. The summed E-state index contributed by atoms with van der Waals surface area (Å²) in [7, 11) is 1.54. The zero-order valence-electron chi connectivity index (χ0n) is 9.34. The van der Waals surface area contributed by atoms with Crippen LogP contribution in [-0.4, -0.2) is 19.7 Å². The van der Waals surface area contributed by atoms with Gasteiger partial charge in [0, 0.05) is 12.2 Å². The van der Waals surface area contributed by atoms with Gasteiger partial charge in [0.2, 0.25) is 0 Å². The number of rotatable bonds is 4. The van der Waals surface area contributed by atoms with Crippen molar-refractivity contribution in [2.75, 3.05) is 19.0 Å². The molecule has 0 aliphatic carbocycles. The van der Waals surface area contributed by atoms with Gasteiger partial charge in [-0.3, -0.25) is 0 Å². The van der Waals surface area contributed by atoms with Crippen LogP contribution in [0.4, 0.5) is 10.5 Å². The van der Waals surface area contributed by atoms with Crippen molar-refractivity contribution in [1.29, 1.82) is 0 Å². The quantitative estimate of drug-likeness (QED) is 0.853. The molecule has 0 saturated carbocycles. The second kappa shape index (κ2) is 6.23. The number of hydrogen-bond donors (Lipinski definition) is 2. The Kier molecular flexibility index (Phi) is 4.92. The summed E-state index contributed by atoms with van der Waals surface area (Å²) < 4.78 is 5.01. The maximum Gasteiger partial charge on any atom is 0.319 e. The van der Waals surface area contributed by atoms with Gasteiger partial charge in [-0.15, -0.1) is 0 Å². The van der Waals surface area contributed by atoms with Crippen molar-refractivity contribution in [3.63, 3.8) is 0 Å². The number of benzene rings is 1. The lowest BCUT2D eigenvalue weighted by Crippen LogP contribution is -2.29. The van der Waals surface area contributed by atoms with Crippen LogP contribution in [0.15, 0.2) is 18.2 Å². The molecule has 0 aliphatic rings. The van der Waals surface area contributed by atoms with Crippen LogP contribution in [0.5, 0.6) is 5.75 Å². The van der Waals surface area contributed by atoms with E-state index in [4.69, 9.17) is 16.3 Å². The molecule has 0 spiro atoms. The van der Waals surface area contributed by atoms with Crippen LogP contribution in [0.3, 0.4) is 0 Å². The summed E-state index contributed by atoms with van der Waals surface area (Å²) in [4.78, 5) is 11.3. The smallest absolute Gasteiger partial charge is 0.319 e. The van der Waals surface area contributed by atoms with Crippen molar-refractivity contribution in [3.05, 3.63) is 23.2 Å². The topological polar surface area (TPSA) is 50.4 Å². The van der Waals surface area contributed by atoms with Crippen LogP contribution in [0.2, 0.25) is 5.02 Å². The molecule has 0 bridgehead atoms. The highest BCUT2D eigenvalue weighted by atomic mass is 35.5. The Hall–Kier alpha value is -1.42. The van der Waals surface area contributed by atoms with Crippen LogP contribution in [0.25, 0.3) is 0 Å². The second-order valence-electron chi connectivity index (χ2n) is 3.23. The maximum absolute atomic E-state index is 11.3. The fourth-order valence-electron chi connectivity index (χ4n) is 1.16. The summed E-state index contributed by atoms with van der Waals surface area (Å²) in [6, 6.07) is 4.85. The molecule has 5 heteroatoms. The Bertz CT molecular complexity index is 369. The van der Waals surface area contributed by atoms with Crippen LogP contribution in [0, 0.1) is 0 Å². The summed E-state index contributed by atoms with van der Waals surface area (Å²) in [5.41, 5.74) is 0.638. The van der Waals surface area contributed by atoms with E-state index in [9.17, 15) is 4.79 Å². The number of amides is 2. The lowest BCUT2D eigenvalue weighted by Gasteiger charge is -2.08. The number of urea groups is 1. The molecule has 0 radical (unpaired) electrons. The third-order valence-electron chi connectivity index (χ3n) is 1.95. The van der Waals surface area contributed by atoms with Gasteiger partial charge in [-0.1, -0.05) is 18.5 Å². The van der Waals surface area contributed by atoms with Crippen molar-refractivity contribution in [1.82, 2.24) is 5.32 Å². The molecule has 0 unspecified atom stereocenters. The number of halogens is 1. The standard InChI is InChI=1S/C11H15ClN2O2/c1-3-6-13-11(15)14-8-4-5-10(16-2)9(12)7-8/h4-5,7H,3,6H2,1-2H3,(H2,13,14,15). The average molecular weight is 243 g/mol. The summed E-state index contributed by atoms with van der Waals surface area (Å²) in [5, 5.41) is 5.85. The van der Waals surface area contributed by atoms with E-state index >= 15 is 0 Å². The molecule has 0 aromatic heterocycles. The molecule has 1 aromatic carbocycles. The highest BCUT2D eigenvalue weighted by molar-refractivity contribution is 6.32. The molecule has 16 heavy (non-hydrogen) atoms.